The van der Waals surface area contributed by atoms with Gasteiger partial charge in [-0.1, -0.05) is 11.6 Å². The highest BCUT2D eigenvalue weighted by Crippen LogP contribution is 2.29. The lowest BCUT2D eigenvalue weighted by Crippen LogP contribution is -1.98. The Kier molecular flexibility index (Phi) is 2.91. The monoisotopic (exact) mass is 259 g/mol. The maximum absolute atomic E-state index is 10.6. The van der Waals surface area contributed by atoms with Crippen molar-refractivity contribution in [3.05, 3.63) is 32.8 Å². The molecule has 13 heavy (non-hydrogen) atoms. The van der Waals surface area contributed by atoms with Gasteiger partial charge in [-0.3, -0.25) is 0 Å². The molecular weight excluding hydrogens is 257 g/mol. The molecule has 1 N–H and O–H groups in total. The number of halogens is 2. The van der Waals surface area contributed by atoms with Crippen LogP contribution in [0.15, 0.2) is 16.6 Å². The van der Waals surface area contributed by atoms with Gasteiger partial charge in [0.15, 0.2) is 0 Å². The normalized spacial score (nSPS) is 9.31. The van der Waals surface area contributed by atoms with E-state index in [1.54, 1.807) is 0 Å². The van der Waals surface area contributed by atoms with Gasteiger partial charge in [-0.25, -0.2) is 4.79 Å². The lowest BCUT2D eigenvalue weighted by atomic mass is 10.1. The van der Waals surface area contributed by atoms with Crippen molar-refractivity contribution in [1.29, 1.82) is 5.26 Å². The zero-order valence-corrected chi connectivity index (χ0v) is 8.56. The molecule has 1 rings (SSSR count). The molecule has 0 bridgehead atoms. The lowest BCUT2D eigenvalue weighted by Gasteiger charge is -2.01. The largest absolute Gasteiger partial charge is 0.478 e. The zero-order chi connectivity index (χ0) is 10.0. The molecule has 0 saturated heterocycles. The average molecular weight is 260 g/mol. The van der Waals surface area contributed by atoms with Crippen molar-refractivity contribution in [1.82, 2.24) is 0 Å². The molecular formula is C8H3BrClNO2. The number of nitrogens with zero attached hydrogens (tertiary/aromatic N) is 1. The summed E-state index contributed by atoms with van der Waals surface area (Å²) in [5, 5.41) is 17.4. The van der Waals surface area contributed by atoms with E-state index in [1.165, 1.54) is 12.1 Å². The molecule has 0 atom stereocenters. The number of carboxylic acid groups (broad SMARTS) is 1. The van der Waals surface area contributed by atoms with Crippen LogP contribution in [-0.2, 0) is 0 Å². The van der Waals surface area contributed by atoms with E-state index in [0.29, 0.717) is 0 Å². The van der Waals surface area contributed by atoms with Crippen LogP contribution in [0.5, 0.6) is 0 Å². The number of nitriles is 1. The maximum atomic E-state index is 10.6. The van der Waals surface area contributed by atoms with Crippen molar-refractivity contribution in [2.24, 2.45) is 0 Å². The molecule has 0 aliphatic heterocycles. The molecule has 0 aromatic heterocycles. The van der Waals surface area contributed by atoms with Crippen LogP contribution in [0.1, 0.15) is 15.9 Å². The Morgan fingerprint density at radius 1 is 1.62 bits per heavy atom. The van der Waals surface area contributed by atoms with Gasteiger partial charge >= 0.3 is 5.97 Å². The molecule has 1 aromatic carbocycles. The number of aromatic carboxylic acids is 1. The van der Waals surface area contributed by atoms with E-state index < -0.39 is 5.97 Å². The van der Waals surface area contributed by atoms with Crippen molar-refractivity contribution in [2.45, 2.75) is 0 Å². The molecule has 0 unspecified atom stereocenters. The number of carbonyl (C=O) groups is 1. The highest BCUT2D eigenvalue weighted by atomic mass is 79.9. The molecule has 0 saturated carbocycles. The summed E-state index contributed by atoms with van der Waals surface area (Å²) in [6.45, 7) is 0. The van der Waals surface area contributed by atoms with E-state index in [-0.39, 0.29) is 20.6 Å². The van der Waals surface area contributed by atoms with Crippen LogP contribution in [0.2, 0.25) is 5.02 Å². The fourth-order valence-electron chi connectivity index (χ4n) is 0.801. The molecule has 1 aromatic rings. The third-order valence-corrected chi connectivity index (χ3v) is 2.88. The minimum absolute atomic E-state index is 0.0454. The van der Waals surface area contributed by atoms with Crippen LogP contribution in [0, 0.1) is 11.3 Å². The second-order valence-corrected chi connectivity index (χ2v) is 3.38. The first kappa shape index (κ1) is 10.0. The van der Waals surface area contributed by atoms with E-state index in [0.717, 1.165) is 0 Å². The van der Waals surface area contributed by atoms with Crippen molar-refractivity contribution in [3.63, 3.8) is 0 Å². The first-order valence-electron chi connectivity index (χ1n) is 3.19. The molecule has 0 spiro atoms. The first-order chi connectivity index (χ1) is 6.07. The SMILES string of the molecule is N#Cc1ccc(C(=O)O)c(Br)c1Cl. The minimum atomic E-state index is -1.08. The maximum Gasteiger partial charge on any atom is 0.336 e. The summed E-state index contributed by atoms with van der Waals surface area (Å²) in [7, 11) is 0. The van der Waals surface area contributed by atoms with Gasteiger partial charge in [0.25, 0.3) is 0 Å². The number of hydrogen-bond donors (Lipinski definition) is 1. The fraction of sp³-hybridized carbons (Fsp3) is 0. The molecule has 5 heteroatoms. The van der Waals surface area contributed by atoms with Gasteiger partial charge in [0.1, 0.15) is 6.07 Å². The third-order valence-electron chi connectivity index (χ3n) is 1.43. The van der Waals surface area contributed by atoms with Crippen molar-refractivity contribution >= 4 is 33.5 Å². The molecule has 0 aliphatic rings. The van der Waals surface area contributed by atoms with Crippen LogP contribution in [-0.4, -0.2) is 11.1 Å². The summed E-state index contributed by atoms with van der Waals surface area (Å²) in [6.07, 6.45) is 0. The summed E-state index contributed by atoms with van der Waals surface area (Å²) in [5.74, 6) is -1.08. The highest BCUT2D eigenvalue weighted by Gasteiger charge is 2.13. The Bertz CT molecular complexity index is 411. The Hall–Kier alpha value is -1.05. The first-order valence-corrected chi connectivity index (χ1v) is 4.36. The quantitative estimate of drug-likeness (QED) is 0.844. The number of carboxylic acids is 1. The second kappa shape index (κ2) is 3.77. The molecule has 0 amide bonds. The number of benzene rings is 1. The topological polar surface area (TPSA) is 61.1 Å². The van der Waals surface area contributed by atoms with Crippen LogP contribution in [0.3, 0.4) is 0 Å². The Balaban J connectivity index is 3.42. The van der Waals surface area contributed by atoms with E-state index in [2.05, 4.69) is 15.9 Å². The van der Waals surface area contributed by atoms with Crippen molar-refractivity contribution < 1.29 is 9.90 Å². The Morgan fingerprint density at radius 2 is 2.23 bits per heavy atom. The summed E-state index contributed by atoms with van der Waals surface area (Å²) in [6, 6.07) is 4.55. The molecule has 3 nitrogen and oxygen atoms in total. The third kappa shape index (κ3) is 1.82. The van der Waals surface area contributed by atoms with E-state index in [9.17, 15) is 4.79 Å². The zero-order valence-electron chi connectivity index (χ0n) is 6.21. The standard InChI is InChI=1S/C8H3BrClNO2/c9-6-5(8(12)13)2-1-4(3-11)7(6)10/h1-2H,(H,12,13). The smallest absolute Gasteiger partial charge is 0.336 e. The van der Waals surface area contributed by atoms with Crippen LogP contribution >= 0.6 is 27.5 Å². The lowest BCUT2D eigenvalue weighted by molar-refractivity contribution is 0.0696. The Morgan fingerprint density at radius 3 is 2.69 bits per heavy atom. The van der Waals surface area contributed by atoms with Crippen LogP contribution < -0.4 is 0 Å². The minimum Gasteiger partial charge on any atom is -0.478 e. The van der Waals surface area contributed by atoms with Crippen LogP contribution in [0.25, 0.3) is 0 Å². The van der Waals surface area contributed by atoms with Gasteiger partial charge in [0, 0.05) is 0 Å². The van der Waals surface area contributed by atoms with Crippen molar-refractivity contribution in [3.8, 4) is 6.07 Å². The molecule has 0 fully saturated rings. The number of hydrogen-bond acceptors (Lipinski definition) is 2. The van der Waals surface area contributed by atoms with Gasteiger partial charge in [-0.2, -0.15) is 5.26 Å². The van der Waals surface area contributed by atoms with Gasteiger partial charge in [-0.05, 0) is 28.1 Å². The van der Waals surface area contributed by atoms with Gasteiger partial charge < -0.3 is 5.11 Å². The number of rotatable bonds is 1. The summed E-state index contributed by atoms with van der Waals surface area (Å²) >= 11 is 8.72. The van der Waals surface area contributed by atoms with Crippen molar-refractivity contribution in [2.75, 3.05) is 0 Å². The van der Waals surface area contributed by atoms with E-state index >= 15 is 0 Å². The van der Waals surface area contributed by atoms with Gasteiger partial charge in [0.2, 0.25) is 0 Å². The van der Waals surface area contributed by atoms with Crippen LogP contribution in [0.4, 0.5) is 0 Å². The van der Waals surface area contributed by atoms with E-state index in [1.807, 2.05) is 6.07 Å². The molecule has 0 radical (unpaired) electrons. The van der Waals surface area contributed by atoms with Gasteiger partial charge in [0.05, 0.1) is 20.6 Å². The summed E-state index contributed by atoms with van der Waals surface area (Å²) in [4.78, 5) is 10.6. The predicted molar refractivity (Wildman–Crippen MR) is 50.8 cm³/mol. The summed E-state index contributed by atoms with van der Waals surface area (Å²) < 4.78 is 0.237. The highest BCUT2D eigenvalue weighted by molar-refractivity contribution is 9.10. The molecule has 0 heterocycles. The van der Waals surface area contributed by atoms with E-state index in [4.69, 9.17) is 22.0 Å². The van der Waals surface area contributed by atoms with Gasteiger partial charge in [-0.15, -0.1) is 0 Å². The fourth-order valence-corrected chi connectivity index (χ4v) is 1.52. The molecule has 0 aliphatic carbocycles. The summed E-state index contributed by atoms with van der Waals surface area (Å²) in [5.41, 5.74) is 0.294. The predicted octanol–water partition coefficient (Wildman–Crippen LogP) is 2.67. The average Bonchev–Trinajstić information content (AvgIpc) is 2.09. The molecule has 66 valence electrons. The second-order valence-electron chi connectivity index (χ2n) is 2.21. The Labute approximate surface area is 87.7 Å².